The van der Waals surface area contributed by atoms with Crippen molar-refractivity contribution in [2.75, 3.05) is 11.9 Å². The maximum atomic E-state index is 10.7. The summed E-state index contributed by atoms with van der Waals surface area (Å²) < 4.78 is 0. The third kappa shape index (κ3) is 1.81. The highest BCUT2D eigenvalue weighted by atomic mass is 35.5. The van der Waals surface area contributed by atoms with Gasteiger partial charge in [-0.15, -0.1) is 11.8 Å². The first kappa shape index (κ1) is 9.68. The molecular formula is C9H8ClNO2S. The van der Waals surface area contributed by atoms with Crippen LogP contribution in [0.5, 0.6) is 0 Å². The summed E-state index contributed by atoms with van der Waals surface area (Å²) in [5.41, 5.74) is 0.917. The number of thioether (sulfide) groups is 1. The Labute approximate surface area is 90.5 Å². The molecule has 1 heterocycles. The average molecular weight is 230 g/mol. The molecule has 0 spiro atoms. The maximum Gasteiger partial charge on any atom is 0.318 e. The first-order chi connectivity index (χ1) is 6.66. The second-order valence-electron chi connectivity index (χ2n) is 2.97. The van der Waals surface area contributed by atoms with E-state index >= 15 is 0 Å². The Morgan fingerprint density at radius 2 is 2.43 bits per heavy atom. The molecule has 1 aromatic rings. The summed E-state index contributed by atoms with van der Waals surface area (Å²) in [5.74, 6) is -0.789. The molecule has 1 atom stereocenters. The van der Waals surface area contributed by atoms with Gasteiger partial charge in [0.2, 0.25) is 0 Å². The fourth-order valence-electron chi connectivity index (χ4n) is 1.28. The Kier molecular flexibility index (Phi) is 2.56. The van der Waals surface area contributed by atoms with Crippen molar-refractivity contribution in [3.8, 4) is 0 Å². The van der Waals surface area contributed by atoms with Gasteiger partial charge in [-0.25, -0.2) is 0 Å². The Morgan fingerprint density at radius 3 is 3.14 bits per heavy atom. The molecule has 0 radical (unpaired) electrons. The van der Waals surface area contributed by atoms with E-state index in [0.29, 0.717) is 11.6 Å². The molecule has 2 N–H and O–H groups in total. The summed E-state index contributed by atoms with van der Waals surface area (Å²) in [6.45, 7) is 0.438. The molecule has 1 aliphatic rings. The van der Waals surface area contributed by atoms with Crippen molar-refractivity contribution in [1.29, 1.82) is 0 Å². The van der Waals surface area contributed by atoms with Crippen molar-refractivity contribution < 1.29 is 9.90 Å². The number of hydrogen-bond donors (Lipinski definition) is 2. The van der Waals surface area contributed by atoms with Crippen molar-refractivity contribution in [2.45, 2.75) is 10.1 Å². The van der Waals surface area contributed by atoms with Gasteiger partial charge in [-0.05, 0) is 18.2 Å². The van der Waals surface area contributed by atoms with E-state index in [9.17, 15) is 4.79 Å². The van der Waals surface area contributed by atoms with Gasteiger partial charge in [0.15, 0.2) is 0 Å². The standard InChI is InChI=1S/C9H8ClNO2S/c10-5-1-2-7-6(3-5)11-4-8(14-7)9(12)13/h1-3,8,11H,4H2,(H,12,13). The van der Waals surface area contributed by atoms with E-state index in [4.69, 9.17) is 16.7 Å². The average Bonchev–Trinajstić information content (AvgIpc) is 2.16. The molecule has 0 saturated heterocycles. The topological polar surface area (TPSA) is 49.3 Å². The zero-order valence-corrected chi connectivity index (χ0v) is 8.73. The van der Waals surface area contributed by atoms with E-state index in [2.05, 4.69) is 5.32 Å². The molecule has 0 aliphatic carbocycles. The zero-order valence-electron chi connectivity index (χ0n) is 7.16. The first-order valence-corrected chi connectivity index (χ1v) is 5.35. The Hall–Kier alpha value is -0.870. The summed E-state index contributed by atoms with van der Waals surface area (Å²) in [5, 5.41) is 12.1. The number of carbonyl (C=O) groups is 1. The minimum absolute atomic E-state index is 0.413. The number of carboxylic acid groups (broad SMARTS) is 1. The Balaban J connectivity index is 2.27. The second-order valence-corrected chi connectivity index (χ2v) is 4.65. The van der Waals surface area contributed by atoms with Gasteiger partial charge >= 0.3 is 5.97 Å². The van der Waals surface area contributed by atoms with Gasteiger partial charge in [0.25, 0.3) is 0 Å². The van der Waals surface area contributed by atoms with E-state index < -0.39 is 11.2 Å². The van der Waals surface area contributed by atoms with Gasteiger partial charge in [0.05, 0.1) is 0 Å². The lowest BCUT2D eigenvalue weighted by molar-refractivity contribution is -0.136. The van der Waals surface area contributed by atoms with E-state index in [1.165, 1.54) is 11.8 Å². The van der Waals surface area contributed by atoms with Crippen molar-refractivity contribution in [2.24, 2.45) is 0 Å². The van der Waals surface area contributed by atoms with Crippen molar-refractivity contribution >= 4 is 35.0 Å². The first-order valence-electron chi connectivity index (χ1n) is 4.10. The Morgan fingerprint density at radius 1 is 1.64 bits per heavy atom. The highest BCUT2D eigenvalue weighted by Gasteiger charge is 2.24. The maximum absolute atomic E-state index is 10.7. The third-order valence-corrected chi connectivity index (χ3v) is 3.46. The predicted molar refractivity (Wildman–Crippen MR) is 57.2 cm³/mol. The number of nitrogens with one attached hydrogen (secondary N) is 1. The van der Waals surface area contributed by atoms with Crippen LogP contribution in [0.15, 0.2) is 23.1 Å². The van der Waals surface area contributed by atoms with Crippen LogP contribution in [0.2, 0.25) is 5.02 Å². The van der Waals surface area contributed by atoms with Gasteiger partial charge in [0.1, 0.15) is 5.25 Å². The summed E-state index contributed by atoms with van der Waals surface area (Å²) in [6.07, 6.45) is 0. The lowest BCUT2D eigenvalue weighted by atomic mass is 10.3. The highest BCUT2D eigenvalue weighted by Crippen LogP contribution is 2.36. The number of anilines is 1. The quantitative estimate of drug-likeness (QED) is 0.776. The largest absolute Gasteiger partial charge is 0.480 e. The van der Waals surface area contributed by atoms with Crippen LogP contribution in [-0.2, 0) is 4.79 Å². The van der Waals surface area contributed by atoms with Crippen molar-refractivity contribution in [3.05, 3.63) is 23.2 Å². The van der Waals surface area contributed by atoms with Crippen LogP contribution in [0.3, 0.4) is 0 Å². The minimum atomic E-state index is -0.789. The smallest absolute Gasteiger partial charge is 0.318 e. The molecule has 2 rings (SSSR count). The number of aliphatic carboxylic acids is 1. The summed E-state index contributed by atoms with van der Waals surface area (Å²) in [6, 6.07) is 5.41. The molecule has 0 amide bonds. The molecule has 0 fully saturated rings. The van der Waals surface area contributed by atoms with Crippen molar-refractivity contribution in [3.63, 3.8) is 0 Å². The van der Waals surface area contributed by atoms with E-state index in [1.807, 2.05) is 12.1 Å². The number of carboxylic acids is 1. The monoisotopic (exact) mass is 229 g/mol. The van der Waals surface area contributed by atoms with Crippen LogP contribution >= 0.6 is 23.4 Å². The molecule has 5 heteroatoms. The molecule has 3 nitrogen and oxygen atoms in total. The second kappa shape index (κ2) is 3.71. The molecule has 1 aliphatic heterocycles. The number of fused-ring (bicyclic) bond motifs is 1. The molecule has 1 aromatic carbocycles. The number of rotatable bonds is 1. The molecular weight excluding hydrogens is 222 g/mol. The van der Waals surface area contributed by atoms with Crippen LogP contribution in [0.1, 0.15) is 0 Å². The van der Waals surface area contributed by atoms with E-state index in [1.54, 1.807) is 6.07 Å². The number of halogens is 1. The molecule has 14 heavy (non-hydrogen) atoms. The van der Waals surface area contributed by atoms with Gasteiger partial charge in [0, 0.05) is 22.2 Å². The van der Waals surface area contributed by atoms with E-state index in [-0.39, 0.29) is 0 Å². The van der Waals surface area contributed by atoms with Crippen LogP contribution in [0.25, 0.3) is 0 Å². The molecule has 1 unspecified atom stereocenters. The van der Waals surface area contributed by atoms with Gasteiger partial charge < -0.3 is 10.4 Å². The fourth-order valence-corrected chi connectivity index (χ4v) is 2.43. The van der Waals surface area contributed by atoms with Gasteiger partial charge in [-0.2, -0.15) is 0 Å². The van der Waals surface area contributed by atoms with Crippen LogP contribution in [-0.4, -0.2) is 22.9 Å². The molecule has 0 saturated carbocycles. The summed E-state index contributed by atoms with van der Waals surface area (Å²) >= 11 is 7.16. The van der Waals surface area contributed by atoms with Crippen LogP contribution in [0, 0.1) is 0 Å². The number of benzene rings is 1. The molecule has 74 valence electrons. The fraction of sp³-hybridized carbons (Fsp3) is 0.222. The van der Waals surface area contributed by atoms with Gasteiger partial charge in [-0.3, -0.25) is 4.79 Å². The number of hydrogen-bond acceptors (Lipinski definition) is 3. The van der Waals surface area contributed by atoms with Crippen LogP contribution in [0.4, 0.5) is 5.69 Å². The van der Waals surface area contributed by atoms with Crippen LogP contribution < -0.4 is 5.32 Å². The summed E-state index contributed by atoms with van der Waals surface area (Å²) in [4.78, 5) is 11.7. The predicted octanol–water partition coefficient (Wildman–Crippen LogP) is 2.31. The molecule has 0 bridgehead atoms. The Bertz CT molecular complexity index is 383. The van der Waals surface area contributed by atoms with E-state index in [0.717, 1.165) is 10.6 Å². The zero-order chi connectivity index (χ0) is 10.1. The highest BCUT2D eigenvalue weighted by molar-refractivity contribution is 8.00. The SMILES string of the molecule is O=C(O)C1CNc2cc(Cl)ccc2S1. The third-order valence-electron chi connectivity index (χ3n) is 1.96. The lowest BCUT2D eigenvalue weighted by Crippen LogP contribution is -2.28. The van der Waals surface area contributed by atoms with Gasteiger partial charge in [-0.1, -0.05) is 11.6 Å². The van der Waals surface area contributed by atoms with Crippen molar-refractivity contribution in [1.82, 2.24) is 0 Å². The molecule has 0 aromatic heterocycles. The lowest BCUT2D eigenvalue weighted by Gasteiger charge is -2.22. The minimum Gasteiger partial charge on any atom is -0.480 e. The normalized spacial score (nSPS) is 19.6. The summed E-state index contributed by atoms with van der Waals surface area (Å²) in [7, 11) is 0.